The molecule has 4 aromatic rings. The summed E-state index contributed by atoms with van der Waals surface area (Å²) in [5.41, 5.74) is 9.63. The summed E-state index contributed by atoms with van der Waals surface area (Å²) in [7, 11) is 1.54. The lowest BCUT2D eigenvalue weighted by atomic mass is 9.83. The molecule has 0 radical (unpaired) electrons. The zero-order valence-electron chi connectivity index (χ0n) is 20.7. The van der Waals surface area contributed by atoms with E-state index >= 15 is 0 Å². The van der Waals surface area contributed by atoms with Crippen molar-refractivity contribution in [3.8, 4) is 17.2 Å². The van der Waals surface area contributed by atoms with Crippen LogP contribution in [0.5, 0.6) is 11.5 Å². The van der Waals surface area contributed by atoms with E-state index in [2.05, 4.69) is 10.3 Å². The molecule has 3 amide bonds. The van der Waals surface area contributed by atoms with Crippen molar-refractivity contribution in [3.63, 3.8) is 0 Å². The Hall–Kier alpha value is -4.66. The lowest BCUT2D eigenvalue weighted by Crippen LogP contribution is -2.33. The number of carbonyl (C=O) groups excluding carboxylic acids is 2. The zero-order chi connectivity index (χ0) is 25.9. The Morgan fingerprint density at radius 3 is 2.49 bits per heavy atom. The third-order valence-electron chi connectivity index (χ3n) is 6.45. The van der Waals surface area contributed by atoms with Gasteiger partial charge in [-0.05, 0) is 67.8 Å². The minimum Gasteiger partial charge on any atom is -0.457 e. The number of hydrogen-bond donors (Lipinski definition) is 2. The highest BCUT2D eigenvalue weighted by atomic mass is 16.5. The average molecular weight is 497 g/mol. The SMILES string of the molecule is CNC(=O)c1cc(Oc2ccc(N(C(N)=O)c3cc(C4CCC4)nn3-c3cccc(C)c3)cc2)ccn1. The maximum atomic E-state index is 12.8. The molecule has 0 saturated heterocycles. The van der Waals surface area contributed by atoms with Crippen molar-refractivity contribution in [1.29, 1.82) is 0 Å². The molecule has 2 heterocycles. The summed E-state index contributed by atoms with van der Waals surface area (Å²) < 4.78 is 7.69. The summed E-state index contributed by atoms with van der Waals surface area (Å²) in [5.74, 6) is 1.66. The predicted molar refractivity (Wildman–Crippen MR) is 141 cm³/mol. The number of carbonyl (C=O) groups is 2. The number of nitrogens with two attached hydrogens (primary N) is 1. The minimum absolute atomic E-state index is 0.253. The highest BCUT2D eigenvalue weighted by molar-refractivity contribution is 5.98. The highest BCUT2D eigenvalue weighted by Gasteiger charge is 2.28. The van der Waals surface area contributed by atoms with Gasteiger partial charge in [0.05, 0.1) is 17.1 Å². The summed E-state index contributed by atoms with van der Waals surface area (Å²) in [6.07, 6.45) is 4.86. The van der Waals surface area contributed by atoms with Gasteiger partial charge in [0, 0.05) is 31.3 Å². The second-order valence-corrected chi connectivity index (χ2v) is 9.03. The Labute approximate surface area is 214 Å². The van der Waals surface area contributed by atoms with E-state index in [0.717, 1.165) is 29.8 Å². The number of hydrogen-bond acceptors (Lipinski definition) is 5. The van der Waals surface area contributed by atoms with Crippen LogP contribution >= 0.6 is 0 Å². The first-order chi connectivity index (χ1) is 17.9. The molecule has 9 heteroatoms. The van der Waals surface area contributed by atoms with E-state index < -0.39 is 6.03 Å². The van der Waals surface area contributed by atoms with Gasteiger partial charge in [-0.1, -0.05) is 18.6 Å². The van der Waals surface area contributed by atoms with Gasteiger partial charge >= 0.3 is 6.03 Å². The second-order valence-electron chi connectivity index (χ2n) is 9.03. The van der Waals surface area contributed by atoms with Crippen LogP contribution < -0.4 is 20.7 Å². The molecule has 1 aliphatic rings. The molecule has 0 unspecified atom stereocenters. The van der Waals surface area contributed by atoms with Crippen LogP contribution in [-0.4, -0.2) is 33.8 Å². The minimum atomic E-state index is -0.619. The lowest BCUT2D eigenvalue weighted by molar-refractivity contribution is 0.0958. The van der Waals surface area contributed by atoms with Crippen molar-refractivity contribution in [2.24, 2.45) is 5.73 Å². The molecule has 1 saturated carbocycles. The molecule has 0 bridgehead atoms. The number of pyridine rings is 1. The number of amides is 3. The Morgan fingerprint density at radius 1 is 1.05 bits per heavy atom. The maximum Gasteiger partial charge on any atom is 0.325 e. The molecular weight excluding hydrogens is 468 g/mol. The number of aryl methyl sites for hydroxylation is 1. The Morgan fingerprint density at radius 2 is 1.84 bits per heavy atom. The molecule has 3 N–H and O–H groups in total. The number of ether oxygens (including phenoxy) is 1. The molecular formula is C28H28N6O3. The Balaban J connectivity index is 1.47. The van der Waals surface area contributed by atoms with E-state index in [9.17, 15) is 9.59 Å². The van der Waals surface area contributed by atoms with Crippen LogP contribution in [0.15, 0.2) is 72.9 Å². The quantitative estimate of drug-likeness (QED) is 0.364. The number of rotatable bonds is 7. The van der Waals surface area contributed by atoms with Crippen LogP contribution in [0.25, 0.3) is 5.69 Å². The number of nitrogens with zero attached hydrogens (tertiary/aromatic N) is 4. The molecule has 0 spiro atoms. The molecule has 2 aromatic heterocycles. The number of anilines is 2. The number of nitrogens with one attached hydrogen (secondary N) is 1. The molecule has 2 aromatic carbocycles. The zero-order valence-corrected chi connectivity index (χ0v) is 20.7. The summed E-state index contributed by atoms with van der Waals surface area (Å²) in [4.78, 5) is 30.1. The smallest absolute Gasteiger partial charge is 0.325 e. The standard InChI is InChI=1S/C28H28N6O3/c1-18-5-3-8-21(15-18)34-26(17-24(32-34)19-6-4-7-19)33(28(29)36)20-9-11-22(12-10-20)37-23-13-14-31-25(16-23)27(35)30-2/h3,5,8-17,19H,4,6-7H2,1-2H3,(H2,29,36)(H,30,35). The molecule has 1 aliphatic carbocycles. The first-order valence-electron chi connectivity index (χ1n) is 12.2. The van der Waals surface area contributed by atoms with Crippen LogP contribution in [0.1, 0.15) is 46.9 Å². The monoisotopic (exact) mass is 496 g/mol. The van der Waals surface area contributed by atoms with E-state index in [4.69, 9.17) is 15.6 Å². The van der Waals surface area contributed by atoms with E-state index in [-0.39, 0.29) is 11.6 Å². The van der Waals surface area contributed by atoms with Gasteiger partial charge in [-0.2, -0.15) is 5.10 Å². The Bertz CT molecular complexity index is 1440. The maximum absolute atomic E-state index is 12.8. The van der Waals surface area contributed by atoms with Crippen LogP contribution in [0.3, 0.4) is 0 Å². The van der Waals surface area contributed by atoms with Crippen molar-refractivity contribution in [1.82, 2.24) is 20.1 Å². The van der Waals surface area contributed by atoms with Gasteiger partial charge in [0.1, 0.15) is 23.0 Å². The summed E-state index contributed by atoms with van der Waals surface area (Å²) in [5, 5.41) is 7.42. The largest absolute Gasteiger partial charge is 0.457 e. The molecule has 5 rings (SSSR count). The van der Waals surface area contributed by atoms with Gasteiger partial charge in [-0.15, -0.1) is 0 Å². The number of urea groups is 1. The summed E-state index contributed by atoms with van der Waals surface area (Å²) in [6, 6.07) is 19.5. The van der Waals surface area contributed by atoms with Crippen LogP contribution in [0.4, 0.5) is 16.3 Å². The number of benzene rings is 2. The fourth-order valence-electron chi connectivity index (χ4n) is 4.30. The van der Waals surface area contributed by atoms with Crippen LogP contribution in [0.2, 0.25) is 0 Å². The van der Waals surface area contributed by atoms with Crippen molar-refractivity contribution < 1.29 is 14.3 Å². The number of aromatic nitrogens is 3. The van der Waals surface area contributed by atoms with Gasteiger partial charge in [-0.3, -0.25) is 9.78 Å². The van der Waals surface area contributed by atoms with Crippen LogP contribution in [-0.2, 0) is 0 Å². The van der Waals surface area contributed by atoms with Gasteiger partial charge in [0.25, 0.3) is 5.91 Å². The molecule has 0 aliphatic heterocycles. The topological polar surface area (TPSA) is 115 Å². The molecule has 1 fully saturated rings. The van der Waals surface area contributed by atoms with E-state index in [1.807, 2.05) is 37.3 Å². The van der Waals surface area contributed by atoms with Crippen molar-refractivity contribution in [2.75, 3.05) is 11.9 Å². The van der Waals surface area contributed by atoms with Crippen molar-refractivity contribution >= 4 is 23.4 Å². The fourth-order valence-corrected chi connectivity index (χ4v) is 4.30. The third kappa shape index (κ3) is 5.02. The van der Waals surface area contributed by atoms with Gasteiger partial charge < -0.3 is 15.8 Å². The number of primary amides is 1. The normalized spacial score (nSPS) is 13.0. The predicted octanol–water partition coefficient (Wildman–Crippen LogP) is 5.21. The average Bonchev–Trinajstić information content (AvgIpc) is 3.27. The van der Waals surface area contributed by atoms with E-state index in [1.54, 1.807) is 48.1 Å². The first kappa shape index (κ1) is 24.1. The van der Waals surface area contributed by atoms with Crippen molar-refractivity contribution in [2.45, 2.75) is 32.1 Å². The third-order valence-corrected chi connectivity index (χ3v) is 6.45. The molecule has 0 atom stereocenters. The second kappa shape index (κ2) is 10.1. The van der Waals surface area contributed by atoms with Crippen molar-refractivity contribution in [3.05, 3.63) is 89.9 Å². The van der Waals surface area contributed by atoms with E-state index in [1.165, 1.54) is 17.5 Å². The molecule has 37 heavy (non-hydrogen) atoms. The van der Waals surface area contributed by atoms with Crippen LogP contribution in [0, 0.1) is 6.92 Å². The van der Waals surface area contributed by atoms with Gasteiger partial charge in [0.15, 0.2) is 0 Å². The van der Waals surface area contributed by atoms with Gasteiger partial charge in [-0.25, -0.2) is 14.4 Å². The van der Waals surface area contributed by atoms with Gasteiger partial charge in [0.2, 0.25) is 0 Å². The molecule has 188 valence electrons. The highest BCUT2D eigenvalue weighted by Crippen LogP contribution is 2.39. The lowest BCUT2D eigenvalue weighted by Gasteiger charge is -2.23. The summed E-state index contributed by atoms with van der Waals surface area (Å²) >= 11 is 0. The summed E-state index contributed by atoms with van der Waals surface area (Å²) in [6.45, 7) is 2.02. The first-order valence-corrected chi connectivity index (χ1v) is 12.2. The Kier molecular flexibility index (Phi) is 6.59. The fraction of sp³-hybridized carbons (Fsp3) is 0.214. The van der Waals surface area contributed by atoms with E-state index in [0.29, 0.717) is 28.9 Å². The molecule has 9 nitrogen and oxygen atoms in total.